The van der Waals surface area contributed by atoms with Crippen molar-refractivity contribution in [3.63, 3.8) is 0 Å². The molecule has 0 amide bonds. The van der Waals surface area contributed by atoms with Crippen molar-refractivity contribution in [2.24, 2.45) is 0 Å². The molecule has 112 valence electrons. The van der Waals surface area contributed by atoms with Crippen molar-refractivity contribution in [1.29, 1.82) is 0 Å². The highest BCUT2D eigenvalue weighted by atomic mass is 32.1. The van der Waals surface area contributed by atoms with E-state index in [0.717, 1.165) is 4.88 Å². The monoisotopic (exact) mass is 326 g/mol. The molecular formula is C14H14O5S2. The molecule has 0 fully saturated rings. The molecule has 5 nitrogen and oxygen atoms in total. The van der Waals surface area contributed by atoms with E-state index in [9.17, 15) is 14.4 Å². The summed E-state index contributed by atoms with van der Waals surface area (Å²) in [5.74, 6) is -1.56. The highest BCUT2D eigenvalue weighted by molar-refractivity contribution is 7.12. The summed E-state index contributed by atoms with van der Waals surface area (Å²) in [5, 5.41) is 20.8. The zero-order valence-electron chi connectivity index (χ0n) is 11.2. The molecule has 0 saturated carbocycles. The summed E-state index contributed by atoms with van der Waals surface area (Å²) in [6, 6.07) is 7.00. The van der Waals surface area contributed by atoms with Crippen LogP contribution >= 0.6 is 22.7 Å². The van der Waals surface area contributed by atoms with Gasteiger partial charge in [0.2, 0.25) is 0 Å². The zero-order chi connectivity index (χ0) is 15.8. The first-order valence-corrected chi connectivity index (χ1v) is 7.69. The van der Waals surface area contributed by atoms with Crippen molar-refractivity contribution in [2.75, 3.05) is 0 Å². The van der Waals surface area contributed by atoms with Gasteiger partial charge in [-0.2, -0.15) is 0 Å². The van der Waals surface area contributed by atoms with Gasteiger partial charge in [0.15, 0.2) is 17.7 Å². The van der Waals surface area contributed by atoms with Crippen LogP contribution in [0, 0.1) is 0 Å². The summed E-state index contributed by atoms with van der Waals surface area (Å²) in [7, 11) is 0. The molecule has 2 aromatic rings. The fraction of sp³-hybridized carbons (Fsp3) is 0.214. The lowest BCUT2D eigenvalue weighted by molar-refractivity contribution is -0.146. The topological polar surface area (TPSA) is 91.7 Å². The van der Waals surface area contributed by atoms with Gasteiger partial charge in [0.1, 0.15) is 0 Å². The number of hydrogen-bond donors (Lipinski definition) is 2. The third-order valence-electron chi connectivity index (χ3n) is 2.33. The van der Waals surface area contributed by atoms with Crippen molar-refractivity contribution < 1.29 is 24.6 Å². The maximum Gasteiger partial charge on any atom is 0.332 e. The van der Waals surface area contributed by atoms with E-state index < -0.39 is 12.1 Å². The Morgan fingerprint density at radius 1 is 1.10 bits per heavy atom. The van der Waals surface area contributed by atoms with Crippen LogP contribution in [0.15, 0.2) is 35.0 Å². The molecule has 2 aromatic heterocycles. The number of carboxylic acids is 1. The second kappa shape index (κ2) is 8.46. The molecule has 0 aliphatic carbocycles. The molecule has 1 unspecified atom stereocenters. The summed E-state index contributed by atoms with van der Waals surface area (Å²) in [6.45, 7) is 1.58. The lowest BCUT2D eigenvalue weighted by Gasteiger charge is -2.01. The number of aliphatic hydroxyl groups excluding tert-OH is 1. The van der Waals surface area contributed by atoms with Gasteiger partial charge in [-0.15, -0.1) is 22.7 Å². The third kappa shape index (κ3) is 5.99. The van der Waals surface area contributed by atoms with Crippen LogP contribution in [0.5, 0.6) is 0 Å². The lowest BCUT2D eigenvalue weighted by atomic mass is 10.1. The van der Waals surface area contributed by atoms with Gasteiger partial charge in [0, 0.05) is 6.42 Å². The SMILES string of the molecule is CC(=O)c1cccs1.O=C(CC(O)C(=O)O)c1cccs1. The number of hydrogen-bond acceptors (Lipinski definition) is 6. The predicted molar refractivity (Wildman–Crippen MR) is 81.2 cm³/mol. The van der Waals surface area contributed by atoms with Gasteiger partial charge >= 0.3 is 5.97 Å². The van der Waals surface area contributed by atoms with Crippen LogP contribution in [-0.4, -0.2) is 33.9 Å². The van der Waals surface area contributed by atoms with Crippen molar-refractivity contribution in [3.05, 3.63) is 44.8 Å². The largest absolute Gasteiger partial charge is 0.479 e. The first kappa shape index (κ1) is 17.2. The van der Waals surface area contributed by atoms with Gasteiger partial charge in [-0.1, -0.05) is 12.1 Å². The quantitative estimate of drug-likeness (QED) is 0.824. The molecule has 1 atom stereocenters. The number of aliphatic hydroxyl groups is 1. The van der Waals surface area contributed by atoms with E-state index in [0.29, 0.717) is 4.88 Å². The highest BCUT2D eigenvalue weighted by Gasteiger charge is 2.19. The maximum atomic E-state index is 11.2. The number of aliphatic carboxylic acids is 1. The Morgan fingerprint density at radius 2 is 1.62 bits per heavy atom. The van der Waals surface area contributed by atoms with Crippen LogP contribution in [0.25, 0.3) is 0 Å². The Hall–Kier alpha value is -1.83. The summed E-state index contributed by atoms with van der Waals surface area (Å²) in [6.07, 6.45) is -1.97. The Morgan fingerprint density at radius 3 is 1.95 bits per heavy atom. The maximum absolute atomic E-state index is 11.2. The first-order chi connectivity index (χ1) is 9.91. The molecule has 2 heterocycles. The molecule has 7 heteroatoms. The van der Waals surface area contributed by atoms with Crippen LogP contribution in [0.1, 0.15) is 32.7 Å². The molecule has 0 spiro atoms. The Balaban J connectivity index is 0.000000235. The normalized spacial score (nSPS) is 11.1. The first-order valence-electron chi connectivity index (χ1n) is 5.93. The number of carboxylic acid groups (broad SMARTS) is 1. The Labute approximate surface area is 129 Å². The van der Waals surface area contributed by atoms with Crippen LogP contribution in [0.4, 0.5) is 0 Å². The van der Waals surface area contributed by atoms with E-state index >= 15 is 0 Å². The van der Waals surface area contributed by atoms with E-state index in [-0.39, 0.29) is 18.0 Å². The van der Waals surface area contributed by atoms with Crippen LogP contribution in [-0.2, 0) is 4.79 Å². The van der Waals surface area contributed by atoms with Crippen molar-refractivity contribution in [2.45, 2.75) is 19.4 Å². The van der Waals surface area contributed by atoms with Crippen LogP contribution in [0.3, 0.4) is 0 Å². The second-order valence-corrected chi connectivity index (χ2v) is 5.89. The highest BCUT2D eigenvalue weighted by Crippen LogP contribution is 2.12. The number of Topliss-reactive ketones (excluding diaryl/α,β-unsaturated/α-hetero) is 2. The second-order valence-electron chi connectivity index (χ2n) is 3.99. The predicted octanol–water partition coefficient (Wildman–Crippen LogP) is 2.72. The van der Waals surface area contributed by atoms with Crippen molar-refractivity contribution >= 4 is 40.2 Å². The zero-order valence-corrected chi connectivity index (χ0v) is 12.8. The van der Waals surface area contributed by atoms with Gasteiger partial charge in [0.05, 0.1) is 9.75 Å². The molecule has 0 radical (unpaired) electrons. The molecule has 0 aliphatic heterocycles. The summed E-state index contributed by atoms with van der Waals surface area (Å²) >= 11 is 2.71. The summed E-state index contributed by atoms with van der Waals surface area (Å²) < 4.78 is 0. The minimum Gasteiger partial charge on any atom is -0.479 e. The van der Waals surface area contributed by atoms with E-state index in [1.165, 1.54) is 22.7 Å². The minimum atomic E-state index is -1.60. The average molecular weight is 326 g/mol. The van der Waals surface area contributed by atoms with E-state index in [4.69, 9.17) is 10.2 Å². The number of carbonyl (C=O) groups excluding carboxylic acids is 2. The molecule has 0 bridgehead atoms. The summed E-state index contributed by atoms with van der Waals surface area (Å²) in [4.78, 5) is 33.2. The molecule has 0 aliphatic rings. The molecule has 0 aromatic carbocycles. The fourth-order valence-corrected chi connectivity index (χ4v) is 2.58. The third-order valence-corrected chi connectivity index (χ3v) is 4.21. The van der Waals surface area contributed by atoms with Crippen molar-refractivity contribution in [1.82, 2.24) is 0 Å². The number of carbonyl (C=O) groups is 3. The van der Waals surface area contributed by atoms with Gasteiger partial charge in [0.25, 0.3) is 0 Å². The minimum absolute atomic E-state index is 0.153. The van der Waals surface area contributed by atoms with Crippen LogP contribution in [0.2, 0.25) is 0 Å². The van der Waals surface area contributed by atoms with Crippen LogP contribution < -0.4 is 0 Å². The Kier molecular flexibility index (Phi) is 6.93. The average Bonchev–Trinajstić information content (AvgIpc) is 3.12. The molecule has 21 heavy (non-hydrogen) atoms. The smallest absolute Gasteiger partial charge is 0.332 e. The van der Waals surface area contributed by atoms with Gasteiger partial charge < -0.3 is 10.2 Å². The lowest BCUT2D eigenvalue weighted by Crippen LogP contribution is -2.22. The van der Waals surface area contributed by atoms with Gasteiger partial charge in [-0.3, -0.25) is 9.59 Å². The van der Waals surface area contributed by atoms with E-state index in [1.54, 1.807) is 24.4 Å². The van der Waals surface area contributed by atoms with E-state index in [2.05, 4.69) is 0 Å². The number of thiophene rings is 2. The molecule has 2 N–H and O–H groups in total. The molecular weight excluding hydrogens is 312 g/mol. The van der Waals surface area contributed by atoms with E-state index in [1.807, 2.05) is 17.5 Å². The number of rotatable bonds is 5. The summed E-state index contributed by atoms with van der Waals surface area (Å²) in [5.41, 5.74) is 0. The molecule has 2 rings (SSSR count). The standard InChI is InChI=1S/C8H8O4S.C6H6OS/c9-5(4-6(10)8(11)12)7-2-1-3-13-7;1-5(7)6-3-2-4-8-6/h1-3,6,10H,4H2,(H,11,12);2-4H,1H3. The number of ketones is 2. The molecule has 0 saturated heterocycles. The van der Waals surface area contributed by atoms with Gasteiger partial charge in [-0.25, -0.2) is 4.79 Å². The Bertz CT molecular complexity index is 587. The van der Waals surface area contributed by atoms with Gasteiger partial charge in [-0.05, 0) is 29.8 Å². The van der Waals surface area contributed by atoms with Crippen molar-refractivity contribution in [3.8, 4) is 0 Å². The fourth-order valence-electron chi connectivity index (χ4n) is 1.28.